The molecule has 0 fully saturated rings. The number of aliphatic imine (C=N–C) groups is 1. The van der Waals surface area contributed by atoms with E-state index in [1.165, 1.54) is 12.1 Å². The zero-order valence-corrected chi connectivity index (χ0v) is 17.7. The van der Waals surface area contributed by atoms with Gasteiger partial charge in [0.2, 0.25) is 0 Å². The van der Waals surface area contributed by atoms with Crippen molar-refractivity contribution in [2.45, 2.75) is 33.9 Å². The Bertz CT molecular complexity index is 1290. The molecule has 0 saturated carbocycles. The van der Waals surface area contributed by atoms with Crippen LogP contribution in [-0.4, -0.2) is 21.9 Å². The summed E-state index contributed by atoms with van der Waals surface area (Å²) < 4.78 is 41.7. The van der Waals surface area contributed by atoms with E-state index in [9.17, 15) is 13.2 Å². The smallest absolute Gasteiger partial charge is 0.338 e. The molecule has 1 heterocycles. The largest absolute Gasteiger partial charge is 0.433 e. The van der Waals surface area contributed by atoms with E-state index in [0.29, 0.717) is 16.9 Å². The van der Waals surface area contributed by atoms with Crippen LogP contribution in [0.4, 0.5) is 18.9 Å². The highest BCUT2D eigenvalue weighted by atomic mass is 19.4. The van der Waals surface area contributed by atoms with Crippen LogP contribution in [0, 0.1) is 27.7 Å². The average molecular weight is 421 g/mol. The Morgan fingerprint density at radius 3 is 2.19 bits per heavy atom. The van der Waals surface area contributed by atoms with E-state index < -0.39 is 11.9 Å². The molecule has 4 aromatic rings. The zero-order valence-electron chi connectivity index (χ0n) is 17.7. The van der Waals surface area contributed by atoms with Gasteiger partial charge in [0.15, 0.2) is 5.71 Å². The second-order valence-corrected chi connectivity index (χ2v) is 7.81. The van der Waals surface area contributed by atoms with Gasteiger partial charge in [-0.2, -0.15) is 13.2 Å². The van der Waals surface area contributed by atoms with Crippen LogP contribution in [0.5, 0.6) is 0 Å². The normalized spacial score (nSPS) is 12.5. The van der Waals surface area contributed by atoms with Gasteiger partial charge in [0.1, 0.15) is 5.82 Å². The highest BCUT2D eigenvalue weighted by Crippen LogP contribution is 2.30. The van der Waals surface area contributed by atoms with Gasteiger partial charge in [-0.05, 0) is 74.2 Å². The van der Waals surface area contributed by atoms with E-state index in [-0.39, 0.29) is 11.3 Å². The molecule has 0 amide bonds. The summed E-state index contributed by atoms with van der Waals surface area (Å²) in [5.41, 5.74) is 5.43. The standard InChI is InChI=1S/C25H22F3N3/c1-14-8-10-19(12-17(14)4)29-23(25(26,27)28)18-9-11-20-21(13-18)31-24(30-20)22-15(2)6-5-7-16(22)3/h5-13H,1-4H3,(H,30,31)/b29-23-. The number of hydrogen-bond acceptors (Lipinski definition) is 2. The highest BCUT2D eigenvalue weighted by Gasteiger charge is 2.37. The first-order valence-corrected chi connectivity index (χ1v) is 9.93. The monoisotopic (exact) mass is 421 g/mol. The molecule has 0 aliphatic carbocycles. The Balaban J connectivity index is 1.83. The van der Waals surface area contributed by atoms with E-state index in [1.54, 1.807) is 24.3 Å². The van der Waals surface area contributed by atoms with E-state index in [0.717, 1.165) is 27.8 Å². The third kappa shape index (κ3) is 4.10. The van der Waals surface area contributed by atoms with Crippen molar-refractivity contribution < 1.29 is 13.2 Å². The molecule has 1 aromatic heterocycles. The molecule has 0 spiro atoms. The number of aryl methyl sites for hydroxylation is 4. The summed E-state index contributed by atoms with van der Waals surface area (Å²) in [5.74, 6) is 0.641. The van der Waals surface area contributed by atoms with Crippen molar-refractivity contribution in [3.05, 3.63) is 82.4 Å². The zero-order chi connectivity index (χ0) is 22.3. The molecule has 158 valence electrons. The van der Waals surface area contributed by atoms with Crippen molar-refractivity contribution in [2.24, 2.45) is 4.99 Å². The van der Waals surface area contributed by atoms with Crippen LogP contribution in [0.15, 0.2) is 59.6 Å². The van der Waals surface area contributed by atoms with Gasteiger partial charge in [-0.25, -0.2) is 9.98 Å². The predicted molar refractivity (Wildman–Crippen MR) is 119 cm³/mol. The lowest BCUT2D eigenvalue weighted by molar-refractivity contribution is -0.0579. The molecule has 0 unspecified atom stereocenters. The molecule has 0 saturated heterocycles. The van der Waals surface area contributed by atoms with Crippen molar-refractivity contribution in [1.29, 1.82) is 0 Å². The van der Waals surface area contributed by atoms with Gasteiger partial charge in [0, 0.05) is 11.1 Å². The van der Waals surface area contributed by atoms with E-state index >= 15 is 0 Å². The molecule has 0 bridgehead atoms. The molecule has 4 rings (SSSR count). The van der Waals surface area contributed by atoms with Gasteiger partial charge < -0.3 is 4.98 Å². The molecular weight excluding hydrogens is 399 g/mol. The van der Waals surface area contributed by atoms with E-state index in [1.807, 2.05) is 45.9 Å². The van der Waals surface area contributed by atoms with Gasteiger partial charge in [-0.3, -0.25) is 0 Å². The Morgan fingerprint density at radius 1 is 0.839 bits per heavy atom. The van der Waals surface area contributed by atoms with Gasteiger partial charge in [0.05, 0.1) is 16.7 Å². The number of rotatable bonds is 3. The van der Waals surface area contributed by atoms with Gasteiger partial charge in [-0.15, -0.1) is 0 Å². The fourth-order valence-electron chi connectivity index (χ4n) is 3.68. The topological polar surface area (TPSA) is 41.0 Å². The molecule has 31 heavy (non-hydrogen) atoms. The summed E-state index contributed by atoms with van der Waals surface area (Å²) in [5, 5.41) is 0. The first-order valence-electron chi connectivity index (χ1n) is 9.93. The lowest BCUT2D eigenvalue weighted by Gasteiger charge is -2.11. The lowest BCUT2D eigenvalue weighted by atomic mass is 10.0. The quantitative estimate of drug-likeness (QED) is 0.351. The third-order valence-corrected chi connectivity index (χ3v) is 5.47. The van der Waals surface area contributed by atoms with Crippen molar-refractivity contribution in [1.82, 2.24) is 9.97 Å². The summed E-state index contributed by atoms with van der Waals surface area (Å²) >= 11 is 0. The summed E-state index contributed by atoms with van der Waals surface area (Å²) in [6.45, 7) is 7.73. The van der Waals surface area contributed by atoms with Gasteiger partial charge >= 0.3 is 6.18 Å². The molecule has 0 atom stereocenters. The molecule has 0 aliphatic heterocycles. The van der Waals surface area contributed by atoms with E-state index in [4.69, 9.17) is 0 Å². The molecule has 0 radical (unpaired) electrons. The number of hydrogen-bond donors (Lipinski definition) is 1. The molecule has 1 N–H and O–H groups in total. The number of halogens is 3. The fourth-order valence-corrected chi connectivity index (χ4v) is 3.68. The lowest BCUT2D eigenvalue weighted by Crippen LogP contribution is -2.23. The number of benzene rings is 3. The number of aromatic amines is 1. The van der Waals surface area contributed by atoms with Crippen LogP contribution in [0.25, 0.3) is 22.4 Å². The maximum absolute atomic E-state index is 13.9. The second kappa shape index (κ2) is 7.69. The number of alkyl halides is 3. The van der Waals surface area contributed by atoms with E-state index in [2.05, 4.69) is 15.0 Å². The summed E-state index contributed by atoms with van der Waals surface area (Å²) in [7, 11) is 0. The van der Waals surface area contributed by atoms with Crippen molar-refractivity contribution in [3.63, 3.8) is 0 Å². The molecule has 0 aliphatic rings. The number of H-pyrrole nitrogens is 1. The highest BCUT2D eigenvalue weighted by molar-refractivity contribution is 6.07. The minimum atomic E-state index is -4.60. The maximum atomic E-state index is 13.9. The Morgan fingerprint density at radius 2 is 1.55 bits per heavy atom. The van der Waals surface area contributed by atoms with Crippen LogP contribution in [0.3, 0.4) is 0 Å². The van der Waals surface area contributed by atoms with Gasteiger partial charge in [-0.1, -0.05) is 30.3 Å². The maximum Gasteiger partial charge on any atom is 0.433 e. The third-order valence-electron chi connectivity index (χ3n) is 5.47. The van der Waals surface area contributed by atoms with Crippen molar-refractivity contribution in [2.75, 3.05) is 0 Å². The van der Waals surface area contributed by atoms with Crippen LogP contribution in [-0.2, 0) is 0 Å². The summed E-state index contributed by atoms with van der Waals surface area (Å²) in [6.07, 6.45) is -4.60. The minimum absolute atomic E-state index is 0.00469. The van der Waals surface area contributed by atoms with Crippen LogP contribution in [0.1, 0.15) is 27.8 Å². The van der Waals surface area contributed by atoms with Crippen molar-refractivity contribution >= 4 is 22.4 Å². The summed E-state index contributed by atoms with van der Waals surface area (Å²) in [4.78, 5) is 11.7. The first-order chi connectivity index (χ1) is 14.6. The first kappa shape index (κ1) is 20.8. The van der Waals surface area contributed by atoms with Crippen LogP contribution < -0.4 is 0 Å². The van der Waals surface area contributed by atoms with Crippen LogP contribution in [0.2, 0.25) is 0 Å². The molecule has 3 nitrogen and oxygen atoms in total. The SMILES string of the molecule is Cc1ccc(/N=C(/c2ccc3nc(-c4c(C)cccc4C)[nH]c3c2)C(F)(F)F)cc1C. The van der Waals surface area contributed by atoms with Crippen LogP contribution >= 0.6 is 0 Å². The average Bonchev–Trinajstić information content (AvgIpc) is 3.10. The van der Waals surface area contributed by atoms with Gasteiger partial charge in [0.25, 0.3) is 0 Å². The predicted octanol–water partition coefficient (Wildman–Crippen LogP) is 7.15. The number of nitrogens with zero attached hydrogens (tertiary/aromatic N) is 2. The Hall–Kier alpha value is -3.41. The minimum Gasteiger partial charge on any atom is -0.338 e. The molecule has 6 heteroatoms. The molecular formula is C25H22F3N3. The summed E-state index contributed by atoms with van der Waals surface area (Å²) in [6, 6.07) is 15.5. The number of aromatic nitrogens is 2. The van der Waals surface area contributed by atoms with Crippen molar-refractivity contribution in [3.8, 4) is 11.4 Å². The molecule has 3 aromatic carbocycles. The number of fused-ring (bicyclic) bond motifs is 1. The number of nitrogens with one attached hydrogen (secondary N) is 1. The Kier molecular flexibility index (Phi) is 5.17. The second-order valence-electron chi connectivity index (χ2n) is 7.81. The fraction of sp³-hybridized carbons (Fsp3) is 0.200. The number of imidazole rings is 1. The Labute approximate surface area is 178 Å².